The van der Waals surface area contributed by atoms with Gasteiger partial charge in [0.25, 0.3) is 5.91 Å². The second-order valence-electron chi connectivity index (χ2n) is 9.43. The number of benzene rings is 1. The summed E-state index contributed by atoms with van der Waals surface area (Å²) in [4.78, 5) is 43.9. The average Bonchev–Trinajstić information content (AvgIpc) is 2.73. The molecule has 11 heteroatoms. The van der Waals surface area contributed by atoms with Crippen LogP contribution >= 0.6 is 0 Å². The van der Waals surface area contributed by atoms with Crippen LogP contribution in [0.3, 0.4) is 0 Å². The van der Waals surface area contributed by atoms with Crippen LogP contribution in [0.4, 0.5) is 9.18 Å². The average molecular weight is 484 g/mol. The van der Waals surface area contributed by atoms with Gasteiger partial charge in [0.2, 0.25) is 5.91 Å². The van der Waals surface area contributed by atoms with Gasteiger partial charge in [-0.2, -0.15) is 0 Å². The fraction of sp³-hybridized carbons (Fsp3) is 0.609. The first kappa shape index (κ1) is 27.5. The molecule has 1 heterocycles. The molecule has 1 unspecified atom stereocenters. The van der Waals surface area contributed by atoms with Gasteiger partial charge >= 0.3 is 6.16 Å². The molecule has 190 valence electrons. The maximum Gasteiger partial charge on any atom is 0.528 e. The van der Waals surface area contributed by atoms with Gasteiger partial charge in [-0.25, -0.2) is 9.18 Å². The standard InChI is InChI=1S/C23H34FN3O7/c1-16-15-25(12-13-26(16)34-22(30)33-23(2,3)4)21(29)18(14-20(28)27(31)32)7-5-6-17-8-10-19(24)11-9-17/h8-11,16,18,31-32H,5-7,12-15H2,1-4H3/t16-,18?/m1/s1. The van der Waals surface area contributed by atoms with Gasteiger partial charge in [-0.05, 0) is 64.7 Å². The van der Waals surface area contributed by atoms with Crippen LogP contribution < -0.4 is 0 Å². The molecule has 34 heavy (non-hydrogen) atoms. The van der Waals surface area contributed by atoms with Crippen LogP contribution in [0.25, 0.3) is 0 Å². The second-order valence-corrected chi connectivity index (χ2v) is 9.43. The maximum absolute atomic E-state index is 13.2. The summed E-state index contributed by atoms with van der Waals surface area (Å²) in [6.45, 7) is 7.75. The quantitative estimate of drug-likeness (QED) is 0.329. The Hall–Kier alpha value is -2.76. The van der Waals surface area contributed by atoms with Crippen molar-refractivity contribution in [2.45, 2.75) is 65.0 Å². The van der Waals surface area contributed by atoms with Crippen molar-refractivity contribution < 1.29 is 38.8 Å². The Bertz CT molecular complexity index is 842. The minimum atomic E-state index is -0.986. The van der Waals surface area contributed by atoms with Crippen molar-refractivity contribution in [3.63, 3.8) is 0 Å². The first-order chi connectivity index (χ1) is 15.9. The Balaban J connectivity index is 1.96. The minimum absolute atomic E-state index is 0.256. The molecule has 0 saturated carbocycles. The molecule has 1 aliphatic rings. The predicted octanol–water partition coefficient (Wildman–Crippen LogP) is 3.16. The number of rotatable bonds is 8. The molecule has 2 N–H and O–H groups in total. The number of aryl methyl sites for hydroxylation is 1. The third-order valence-electron chi connectivity index (χ3n) is 5.38. The molecule has 0 spiro atoms. The predicted molar refractivity (Wildman–Crippen MR) is 118 cm³/mol. The highest BCUT2D eigenvalue weighted by atomic mass is 19.1. The molecular formula is C23H34FN3O7. The molecule has 1 saturated heterocycles. The van der Waals surface area contributed by atoms with E-state index in [0.29, 0.717) is 19.3 Å². The zero-order valence-electron chi connectivity index (χ0n) is 20.1. The molecule has 2 amide bonds. The summed E-state index contributed by atoms with van der Waals surface area (Å²) < 4.78 is 18.3. The molecule has 10 nitrogen and oxygen atoms in total. The topological polar surface area (TPSA) is 120 Å². The molecule has 1 aromatic carbocycles. The Morgan fingerprint density at radius 3 is 2.38 bits per heavy atom. The van der Waals surface area contributed by atoms with E-state index in [9.17, 15) is 18.8 Å². The van der Waals surface area contributed by atoms with E-state index >= 15 is 0 Å². The van der Waals surface area contributed by atoms with Crippen LogP contribution in [0, 0.1) is 11.7 Å². The zero-order chi connectivity index (χ0) is 25.5. The number of hydroxylamine groups is 4. The van der Waals surface area contributed by atoms with Gasteiger partial charge in [-0.15, -0.1) is 5.06 Å². The molecule has 0 radical (unpaired) electrons. The lowest BCUT2D eigenvalue weighted by atomic mass is 9.94. The number of hydrogen-bond acceptors (Lipinski definition) is 8. The summed E-state index contributed by atoms with van der Waals surface area (Å²) in [5, 5.41) is 19.0. The highest BCUT2D eigenvalue weighted by molar-refractivity contribution is 5.85. The zero-order valence-corrected chi connectivity index (χ0v) is 20.1. The van der Waals surface area contributed by atoms with Crippen LogP contribution in [-0.4, -0.2) is 74.9 Å². The van der Waals surface area contributed by atoms with Gasteiger partial charge in [-0.1, -0.05) is 17.4 Å². The van der Waals surface area contributed by atoms with Crippen molar-refractivity contribution in [3.05, 3.63) is 35.6 Å². The van der Waals surface area contributed by atoms with E-state index < -0.39 is 28.8 Å². The van der Waals surface area contributed by atoms with Crippen molar-refractivity contribution in [1.82, 2.24) is 15.2 Å². The highest BCUT2D eigenvalue weighted by Crippen LogP contribution is 2.21. The van der Waals surface area contributed by atoms with Gasteiger partial charge in [0.1, 0.15) is 11.4 Å². The molecular weight excluding hydrogens is 449 g/mol. The first-order valence-corrected chi connectivity index (χ1v) is 11.3. The molecule has 2 atom stereocenters. The van der Waals surface area contributed by atoms with E-state index in [2.05, 4.69) is 0 Å². The maximum atomic E-state index is 13.2. The summed E-state index contributed by atoms with van der Waals surface area (Å²) in [6, 6.07) is 5.72. The monoisotopic (exact) mass is 483 g/mol. The molecule has 1 aliphatic heterocycles. The summed E-state index contributed by atoms with van der Waals surface area (Å²) in [6.07, 6.45) is 0.267. The Kier molecular flexibility index (Phi) is 9.77. The summed E-state index contributed by atoms with van der Waals surface area (Å²) in [5.41, 5.74) is 0.199. The third-order valence-corrected chi connectivity index (χ3v) is 5.38. The van der Waals surface area contributed by atoms with Gasteiger partial charge in [0.05, 0.1) is 12.6 Å². The highest BCUT2D eigenvalue weighted by Gasteiger charge is 2.34. The molecule has 0 aromatic heterocycles. The first-order valence-electron chi connectivity index (χ1n) is 11.3. The number of carbonyl (C=O) groups excluding carboxylic acids is 3. The number of piperazine rings is 1. The minimum Gasteiger partial charge on any atom is -0.427 e. The van der Waals surface area contributed by atoms with Crippen LogP contribution in [0.5, 0.6) is 0 Å². The SMILES string of the molecule is C[C@@H]1CN(C(=O)C(CCCc2ccc(F)cc2)CC(=O)N(O)O)CCN1OC(=O)OC(C)(C)C. The Morgan fingerprint density at radius 2 is 1.82 bits per heavy atom. The van der Waals surface area contributed by atoms with Crippen molar-refractivity contribution in [2.24, 2.45) is 5.92 Å². The number of halogens is 1. The van der Waals surface area contributed by atoms with E-state index in [4.69, 9.17) is 20.0 Å². The Labute approximate surface area is 198 Å². The molecule has 0 aliphatic carbocycles. The summed E-state index contributed by atoms with van der Waals surface area (Å²) >= 11 is 0. The van der Waals surface area contributed by atoms with Crippen molar-refractivity contribution in [2.75, 3.05) is 19.6 Å². The molecule has 1 aromatic rings. The van der Waals surface area contributed by atoms with Gasteiger partial charge < -0.3 is 14.5 Å². The fourth-order valence-corrected chi connectivity index (χ4v) is 3.71. The number of nitrogens with zero attached hydrogens (tertiary/aromatic N) is 3. The van der Waals surface area contributed by atoms with E-state index in [0.717, 1.165) is 5.56 Å². The largest absolute Gasteiger partial charge is 0.528 e. The summed E-state index contributed by atoms with van der Waals surface area (Å²) in [5.74, 6) is -2.38. The van der Waals surface area contributed by atoms with Crippen molar-refractivity contribution in [3.8, 4) is 0 Å². The van der Waals surface area contributed by atoms with E-state index in [-0.39, 0.29) is 43.8 Å². The second kappa shape index (κ2) is 12.1. The van der Waals surface area contributed by atoms with E-state index in [1.54, 1.807) is 44.7 Å². The Morgan fingerprint density at radius 1 is 1.18 bits per heavy atom. The fourth-order valence-electron chi connectivity index (χ4n) is 3.71. The molecule has 0 bridgehead atoms. The van der Waals surface area contributed by atoms with Crippen LogP contribution in [0.2, 0.25) is 0 Å². The van der Waals surface area contributed by atoms with Crippen LogP contribution in [0.1, 0.15) is 52.5 Å². The van der Waals surface area contributed by atoms with Crippen molar-refractivity contribution in [1.29, 1.82) is 0 Å². The van der Waals surface area contributed by atoms with E-state index in [1.807, 2.05) is 0 Å². The lowest BCUT2D eigenvalue weighted by Crippen LogP contribution is -2.55. The summed E-state index contributed by atoms with van der Waals surface area (Å²) in [7, 11) is 0. The third kappa shape index (κ3) is 8.88. The number of carbonyl (C=O) groups is 3. The molecule has 2 rings (SSSR count). The van der Waals surface area contributed by atoms with Gasteiger partial charge in [-0.3, -0.25) is 20.0 Å². The smallest absolute Gasteiger partial charge is 0.427 e. The number of ether oxygens (including phenoxy) is 1. The lowest BCUT2D eigenvalue weighted by molar-refractivity contribution is -0.285. The molecule has 1 fully saturated rings. The van der Waals surface area contributed by atoms with E-state index in [1.165, 1.54) is 17.2 Å². The van der Waals surface area contributed by atoms with Gasteiger partial charge in [0.15, 0.2) is 0 Å². The number of hydrogen-bond donors (Lipinski definition) is 2. The van der Waals surface area contributed by atoms with Gasteiger partial charge in [0, 0.05) is 25.4 Å². The number of amides is 2. The van der Waals surface area contributed by atoms with Crippen LogP contribution in [0.15, 0.2) is 24.3 Å². The van der Waals surface area contributed by atoms with Crippen molar-refractivity contribution >= 4 is 18.0 Å². The van der Waals surface area contributed by atoms with Crippen LogP contribution in [-0.2, 0) is 25.6 Å². The normalized spacial score (nSPS) is 17.7. The lowest BCUT2D eigenvalue weighted by Gasteiger charge is -2.39.